The summed E-state index contributed by atoms with van der Waals surface area (Å²) in [5.74, 6) is -0.321. The van der Waals surface area contributed by atoms with Crippen LogP contribution in [0.2, 0.25) is 0 Å². The van der Waals surface area contributed by atoms with Crippen LogP contribution in [0.3, 0.4) is 0 Å². The molecular formula is C15H16FN3O. The molecule has 20 heavy (non-hydrogen) atoms. The van der Waals surface area contributed by atoms with E-state index in [1.807, 2.05) is 20.8 Å². The predicted molar refractivity (Wildman–Crippen MR) is 74.3 cm³/mol. The van der Waals surface area contributed by atoms with Crippen molar-refractivity contribution >= 4 is 5.69 Å². The van der Waals surface area contributed by atoms with E-state index in [1.54, 1.807) is 18.2 Å². The Kier molecular flexibility index (Phi) is 5.11. The molecule has 0 aliphatic rings. The van der Waals surface area contributed by atoms with Crippen LogP contribution in [0.5, 0.6) is 5.75 Å². The highest BCUT2D eigenvalue weighted by Gasteiger charge is 2.13. The van der Waals surface area contributed by atoms with E-state index in [1.165, 1.54) is 18.3 Å². The van der Waals surface area contributed by atoms with Gasteiger partial charge in [-0.15, -0.1) is 0 Å². The maximum atomic E-state index is 13.8. The lowest BCUT2D eigenvalue weighted by Crippen LogP contribution is -2.17. The minimum Gasteiger partial charge on any atom is -0.490 e. The number of ether oxygens (including phenoxy) is 1. The molecule has 0 heterocycles. The number of hydrogen-bond acceptors (Lipinski definition) is 4. The van der Waals surface area contributed by atoms with Crippen LogP contribution < -0.4 is 10.1 Å². The molecule has 0 atom stereocenters. The molecule has 1 aromatic carbocycles. The molecule has 0 fully saturated rings. The summed E-state index contributed by atoms with van der Waals surface area (Å²) in [6, 6.07) is 7.78. The van der Waals surface area contributed by atoms with Gasteiger partial charge in [0.15, 0.2) is 11.6 Å². The molecule has 0 radical (unpaired) electrons. The van der Waals surface area contributed by atoms with Gasteiger partial charge >= 0.3 is 0 Å². The monoisotopic (exact) mass is 273 g/mol. The fraction of sp³-hybridized carbons (Fsp3) is 0.333. The Morgan fingerprint density at radius 2 is 2.00 bits per heavy atom. The Labute approximate surface area is 118 Å². The third-order valence-corrected chi connectivity index (χ3v) is 2.22. The number of benzene rings is 1. The number of rotatable bonds is 4. The van der Waals surface area contributed by atoms with Gasteiger partial charge in [0.1, 0.15) is 17.7 Å². The first kappa shape index (κ1) is 15.5. The zero-order valence-corrected chi connectivity index (χ0v) is 11.7. The molecule has 5 heteroatoms. The van der Waals surface area contributed by atoms with Crippen LogP contribution in [0, 0.1) is 33.9 Å². The minimum atomic E-state index is -0.497. The highest BCUT2D eigenvalue weighted by atomic mass is 19.1. The summed E-state index contributed by atoms with van der Waals surface area (Å²) >= 11 is 0. The summed E-state index contributed by atoms with van der Waals surface area (Å²) in [4.78, 5) is 0. The van der Waals surface area contributed by atoms with Gasteiger partial charge in [-0.05, 0) is 17.5 Å². The number of hydrogen-bond donors (Lipinski definition) is 1. The summed E-state index contributed by atoms with van der Waals surface area (Å²) in [5, 5.41) is 19.8. The number of nitrogens with one attached hydrogen (secondary N) is 1. The first-order valence-corrected chi connectivity index (χ1v) is 6.05. The van der Waals surface area contributed by atoms with Crippen molar-refractivity contribution in [1.29, 1.82) is 10.5 Å². The van der Waals surface area contributed by atoms with Crippen molar-refractivity contribution in [3.05, 3.63) is 35.8 Å². The van der Waals surface area contributed by atoms with Crippen molar-refractivity contribution in [2.75, 3.05) is 11.9 Å². The quantitative estimate of drug-likeness (QED) is 0.851. The van der Waals surface area contributed by atoms with Crippen LogP contribution in [0.4, 0.5) is 10.1 Å². The SMILES string of the molecule is CC(C)(C)COc1ccc(NC=C(C#N)C#N)cc1F. The topological polar surface area (TPSA) is 68.8 Å². The van der Waals surface area contributed by atoms with E-state index >= 15 is 0 Å². The number of anilines is 1. The van der Waals surface area contributed by atoms with E-state index in [9.17, 15) is 4.39 Å². The zero-order valence-electron chi connectivity index (χ0n) is 11.7. The minimum absolute atomic E-state index is 0.0550. The number of allylic oxidation sites excluding steroid dienone is 1. The average Bonchev–Trinajstić information content (AvgIpc) is 2.38. The van der Waals surface area contributed by atoms with E-state index in [2.05, 4.69) is 5.32 Å². The Morgan fingerprint density at radius 3 is 2.50 bits per heavy atom. The number of nitriles is 2. The second kappa shape index (κ2) is 6.58. The van der Waals surface area contributed by atoms with Crippen LogP contribution in [0.15, 0.2) is 30.0 Å². The summed E-state index contributed by atoms with van der Waals surface area (Å²) in [7, 11) is 0. The lowest BCUT2D eigenvalue weighted by Gasteiger charge is -2.19. The highest BCUT2D eigenvalue weighted by Crippen LogP contribution is 2.23. The van der Waals surface area contributed by atoms with Crippen LogP contribution in [-0.2, 0) is 0 Å². The van der Waals surface area contributed by atoms with Gasteiger partial charge in [0.2, 0.25) is 0 Å². The first-order valence-electron chi connectivity index (χ1n) is 6.05. The number of halogens is 1. The summed E-state index contributed by atoms with van der Waals surface area (Å²) in [6.07, 6.45) is 1.23. The van der Waals surface area contributed by atoms with Crippen molar-refractivity contribution < 1.29 is 9.13 Å². The summed E-state index contributed by atoms with van der Waals surface area (Å²) in [6.45, 7) is 6.40. The van der Waals surface area contributed by atoms with E-state index in [-0.39, 0.29) is 16.7 Å². The van der Waals surface area contributed by atoms with Gasteiger partial charge < -0.3 is 10.1 Å². The lowest BCUT2D eigenvalue weighted by atomic mass is 9.99. The van der Waals surface area contributed by atoms with Gasteiger partial charge in [-0.2, -0.15) is 10.5 Å². The molecule has 0 aliphatic heterocycles. The summed E-state index contributed by atoms with van der Waals surface area (Å²) < 4.78 is 19.2. The van der Waals surface area contributed by atoms with Crippen molar-refractivity contribution in [3.63, 3.8) is 0 Å². The van der Waals surface area contributed by atoms with Gasteiger partial charge in [-0.25, -0.2) is 4.39 Å². The molecule has 0 unspecified atom stereocenters. The van der Waals surface area contributed by atoms with Gasteiger partial charge in [0.05, 0.1) is 6.61 Å². The van der Waals surface area contributed by atoms with E-state index in [0.29, 0.717) is 12.3 Å². The molecule has 1 aromatic rings. The largest absolute Gasteiger partial charge is 0.490 e. The van der Waals surface area contributed by atoms with E-state index in [0.717, 1.165) is 0 Å². The standard InChI is InChI=1S/C15H16FN3O/c1-15(2,3)10-20-14-5-4-12(6-13(14)16)19-9-11(7-17)8-18/h4-6,9,19H,10H2,1-3H3. The maximum Gasteiger partial charge on any atom is 0.167 e. The van der Waals surface area contributed by atoms with E-state index in [4.69, 9.17) is 15.3 Å². The van der Waals surface area contributed by atoms with Crippen LogP contribution in [-0.4, -0.2) is 6.61 Å². The average molecular weight is 273 g/mol. The zero-order chi connectivity index (χ0) is 15.2. The molecule has 1 rings (SSSR count). The Bertz CT molecular complexity index is 573. The molecule has 0 amide bonds. The molecule has 0 saturated heterocycles. The summed E-state index contributed by atoms with van der Waals surface area (Å²) in [5.41, 5.74) is 0.299. The van der Waals surface area contributed by atoms with Crippen molar-refractivity contribution in [3.8, 4) is 17.9 Å². The number of nitrogens with zero attached hydrogens (tertiary/aromatic N) is 2. The molecule has 0 bridgehead atoms. The van der Waals surface area contributed by atoms with Crippen LogP contribution in [0.25, 0.3) is 0 Å². The molecule has 0 spiro atoms. The van der Waals surface area contributed by atoms with Crippen LogP contribution >= 0.6 is 0 Å². The molecule has 1 N–H and O–H groups in total. The van der Waals surface area contributed by atoms with Crippen molar-refractivity contribution in [2.45, 2.75) is 20.8 Å². The van der Waals surface area contributed by atoms with E-state index < -0.39 is 5.82 Å². The molecule has 0 saturated carbocycles. The third kappa shape index (κ3) is 4.99. The molecule has 0 aliphatic carbocycles. The molecular weight excluding hydrogens is 257 g/mol. The Balaban J connectivity index is 2.77. The Morgan fingerprint density at radius 1 is 1.35 bits per heavy atom. The predicted octanol–water partition coefficient (Wildman–Crippen LogP) is 3.59. The second-order valence-electron chi connectivity index (χ2n) is 5.42. The fourth-order valence-corrected chi connectivity index (χ4v) is 1.25. The van der Waals surface area contributed by atoms with Gasteiger partial charge in [-0.3, -0.25) is 0 Å². The molecule has 0 aromatic heterocycles. The van der Waals surface area contributed by atoms with Gasteiger partial charge in [0, 0.05) is 18.0 Å². The second-order valence-corrected chi connectivity index (χ2v) is 5.42. The Hall–Kier alpha value is -2.53. The smallest absolute Gasteiger partial charge is 0.167 e. The van der Waals surface area contributed by atoms with Crippen molar-refractivity contribution in [1.82, 2.24) is 0 Å². The third-order valence-electron chi connectivity index (χ3n) is 2.22. The molecule has 104 valence electrons. The fourth-order valence-electron chi connectivity index (χ4n) is 1.25. The van der Waals surface area contributed by atoms with Crippen molar-refractivity contribution in [2.24, 2.45) is 5.41 Å². The lowest BCUT2D eigenvalue weighted by molar-refractivity contribution is 0.191. The molecule has 4 nitrogen and oxygen atoms in total. The van der Waals surface area contributed by atoms with Gasteiger partial charge in [-0.1, -0.05) is 20.8 Å². The normalized spacial score (nSPS) is 10.1. The first-order chi connectivity index (χ1) is 9.35. The van der Waals surface area contributed by atoms with Crippen LogP contribution in [0.1, 0.15) is 20.8 Å². The maximum absolute atomic E-state index is 13.8. The van der Waals surface area contributed by atoms with Gasteiger partial charge in [0.25, 0.3) is 0 Å². The highest BCUT2D eigenvalue weighted by molar-refractivity contribution is 5.51.